The van der Waals surface area contributed by atoms with Crippen LogP contribution in [-0.4, -0.2) is 29.7 Å². The van der Waals surface area contributed by atoms with Crippen molar-refractivity contribution in [1.29, 1.82) is 0 Å². The molecule has 1 fully saturated rings. The standard InChI is InChI=1S/C19H17Cl2N9O/c20-10-2-1-3-11-12(10)18(31)30(9-6-24-25-7-9)17(26-11)14(8-4-5-8)27-16-13(21)15(22)28-19(23)29-16/h1-3,6-8,14H,4-5H2,(H,24,25)(H5,22,23,27,28,29)/t14-/m0/s1. The van der Waals surface area contributed by atoms with Crippen LogP contribution >= 0.6 is 23.2 Å². The number of nitrogens with zero attached hydrogens (tertiary/aromatic N) is 5. The summed E-state index contributed by atoms with van der Waals surface area (Å²) in [6.45, 7) is 0. The number of nitrogen functional groups attached to an aromatic ring is 2. The molecule has 0 radical (unpaired) electrons. The lowest BCUT2D eigenvalue weighted by atomic mass is 10.1. The minimum absolute atomic E-state index is 0.00979. The van der Waals surface area contributed by atoms with Gasteiger partial charge in [-0.15, -0.1) is 0 Å². The quantitative estimate of drug-likeness (QED) is 0.356. The molecule has 158 valence electrons. The number of nitrogens with one attached hydrogen (secondary N) is 2. The van der Waals surface area contributed by atoms with Gasteiger partial charge in [0.1, 0.15) is 16.7 Å². The number of halogens is 2. The average molecular weight is 458 g/mol. The first kappa shape index (κ1) is 19.6. The van der Waals surface area contributed by atoms with Crippen LogP contribution in [0.4, 0.5) is 17.6 Å². The molecule has 6 N–H and O–H groups in total. The van der Waals surface area contributed by atoms with Crippen LogP contribution in [-0.2, 0) is 0 Å². The van der Waals surface area contributed by atoms with Gasteiger partial charge in [-0.25, -0.2) is 4.98 Å². The molecule has 0 bridgehead atoms. The Bertz CT molecular complexity index is 1350. The summed E-state index contributed by atoms with van der Waals surface area (Å²) in [4.78, 5) is 26.4. The number of rotatable bonds is 5. The summed E-state index contributed by atoms with van der Waals surface area (Å²) in [5.41, 5.74) is 12.3. The highest BCUT2D eigenvalue weighted by atomic mass is 35.5. The number of benzene rings is 1. The fourth-order valence-electron chi connectivity index (χ4n) is 3.58. The summed E-state index contributed by atoms with van der Waals surface area (Å²) in [5.74, 6) is 1.02. The van der Waals surface area contributed by atoms with Crippen molar-refractivity contribution < 1.29 is 0 Å². The van der Waals surface area contributed by atoms with Crippen molar-refractivity contribution in [3.05, 3.63) is 56.8 Å². The smallest absolute Gasteiger partial charge is 0.267 e. The van der Waals surface area contributed by atoms with Crippen LogP contribution in [0.15, 0.2) is 35.4 Å². The van der Waals surface area contributed by atoms with E-state index in [0.29, 0.717) is 27.4 Å². The molecular weight excluding hydrogens is 441 g/mol. The molecule has 0 saturated heterocycles. The summed E-state index contributed by atoms with van der Waals surface area (Å²) in [5, 5.41) is 10.8. The molecule has 1 saturated carbocycles. The summed E-state index contributed by atoms with van der Waals surface area (Å²) >= 11 is 12.7. The second-order valence-electron chi connectivity index (χ2n) is 7.29. The van der Waals surface area contributed by atoms with Gasteiger partial charge in [0.05, 0.1) is 33.9 Å². The van der Waals surface area contributed by atoms with Gasteiger partial charge in [-0.1, -0.05) is 29.3 Å². The first-order chi connectivity index (χ1) is 14.9. The molecule has 0 spiro atoms. The van der Waals surface area contributed by atoms with Gasteiger partial charge in [0, 0.05) is 6.20 Å². The lowest BCUT2D eigenvalue weighted by Crippen LogP contribution is -2.29. The monoisotopic (exact) mass is 457 g/mol. The Balaban J connectivity index is 1.74. The first-order valence-electron chi connectivity index (χ1n) is 9.49. The van der Waals surface area contributed by atoms with Gasteiger partial charge in [0.25, 0.3) is 5.56 Å². The molecule has 1 atom stereocenters. The third kappa shape index (κ3) is 3.43. The van der Waals surface area contributed by atoms with Crippen LogP contribution in [0.5, 0.6) is 0 Å². The first-order valence-corrected chi connectivity index (χ1v) is 10.2. The second kappa shape index (κ2) is 7.40. The molecule has 0 amide bonds. The van der Waals surface area contributed by atoms with Crippen molar-refractivity contribution >= 4 is 51.7 Å². The fraction of sp³-hybridized carbons (Fsp3) is 0.211. The van der Waals surface area contributed by atoms with E-state index >= 15 is 0 Å². The number of aromatic nitrogens is 6. The molecule has 31 heavy (non-hydrogen) atoms. The van der Waals surface area contributed by atoms with Crippen molar-refractivity contribution in [3.63, 3.8) is 0 Å². The van der Waals surface area contributed by atoms with Gasteiger partial charge in [0.15, 0.2) is 5.82 Å². The number of nitrogens with two attached hydrogens (primary N) is 2. The van der Waals surface area contributed by atoms with E-state index in [1.165, 1.54) is 4.57 Å². The number of hydrogen-bond acceptors (Lipinski definition) is 8. The van der Waals surface area contributed by atoms with Crippen LogP contribution in [0.1, 0.15) is 24.7 Å². The maximum Gasteiger partial charge on any atom is 0.267 e. The molecule has 1 aromatic carbocycles. The van der Waals surface area contributed by atoms with E-state index in [2.05, 4.69) is 25.5 Å². The highest BCUT2D eigenvalue weighted by molar-refractivity contribution is 6.35. The van der Waals surface area contributed by atoms with Crippen LogP contribution in [0, 0.1) is 5.92 Å². The minimum Gasteiger partial charge on any atom is -0.382 e. The van der Waals surface area contributed by atoms with Crippen LogP contribution < -0.4 is 22.3 Å². The van der Waals surface area contributed by atoms with Crippen LogP contribution in [0.2, 0.25) is 10.0 Å². The number of hydrogen-bond donors (Lipinski definition) is 4. The molecule has 3 aromatic heterocycles. The Kier molecular flexibility index (Phi) is 4.67. The highest BCUT2D eigenvalue weighted by Crippen LogP contribution is 2.43. The zero-order valence-electron chi connectivity index (χ0n) is 16.0. The Morgan fingerprint density at radius 2 is 2.00 bits per heavy atom. The zero-order valence-corrected chi connectivity index (χ0v) is 17.5. The molecule has 12 heteroatoms. The molecule has 1 aliphatic rings. The van der Waals surface area contributed by atoms with E-state index in [-0.39, 0.29) is 34.1 Å². The Hall–Kier alpha value is -3.37. The van der Waals surface area contributed by atoms with E-state index in [1.54, 1.807) is 30.6 Å². The van der Waals surface area contributed by atoms with E-state index in [9.17, 15) is 4.79 Å². The van der Waals surface area contributed by atoms with Gasteiger partial charge >= 0.3 is 0 Å². The summed E-state index contributed by atoms with van der Waals surface area (Å²) in [7, 11) is 0. The Morgan fingerprint density at radius 1 is 1.19 bits per heavy atom. The number of fused-ring (bicyclic) bond motifs is 1. The third-order valence-electron chi connectivity index (χ3n) is 5.17. The van der Waals surface area contributed by atoms with E-state index in [4.69, 9.17) is 39.7 Å². The number of anilines is 3. The van der Waals surface area contributed by atoms with Crippen LogP contribution in [0.3, 0.4) is 0 Å². The molecule has 0 unspecified atom stereocenters. The van der Waals surface area contributed by atoms with Crippen molar-refractivity contribution in [2.24, 2.45) is 5.92 Å². The molecule has 5 rings (SSSR count). The molecule has 1 aliphatic carbocycles. The van der Waals surface area contributed by atoms with E-state index < -0.39 is 6.04 Å². The van der Waals surface area contributed by atoms with Crippen LogP contribution in [0.25, 0.3) is 16.6 Å². The zero-order chi connectivity index (χ0) is 21.7. The number of aromatic amines is 1. The normalized spacial score (nSPS) is 14.6. The SMILES string of the molecule is Nc1nc(N)c(Cl)c(N[C@H](c2nc3cccc(Cl)c3c(=O)n2-c2cn[nH]c2)C2CC2)n1. The van der Waals surface area contributed by atoms with Gasteiger partial charge in [-0.05, 0) is 30.9 Å². The lowest BCUT2D eigenvalue weighted by Gasteiger charge is -2.23. The summed E-state index contributed by atoms with van der Waals surface area (Å²) < 4.78 is 1.50. The summed E-state index contributed by atoms with van der Waals surface area (Å²) in [6, 6.07) is 4.78. The van der Waals surface area contributed by atoms with Gasteiger partial charge in [-0.2, -0.15) is 15.1 Å². The van der Waals surface area contributed by atoms with Gasteiger partial charge in [-0.3, -0.25) is 14.5 Å². The largest absolute Gasteiger partial charge is 0.382 e. The topological polar surface area (TPSA) is 153 Å². The van der Waals surface area contributed by atoms with E-state index in [1.807, 2.05) is 0 Å². The highest BCUT2D eigenvalue weighted by Gasteiger charge is 2.37. The molecule has 3 heterocycles. The lowest BCUT2D eigenvalue weighted by molar-refractivity contribution is 0.609. The maximum atomic E-state index is 13.5. The number of H-pyrrole nitrogens is 1. The summed E-state index contributed by atoms with van der Waals surface area (Å²) in [6.07, 6.45) is 5.06. The second-order valence-corrected chi connectivity index (χ2v) is 8.08. The third-order valence-corrected chi connectivity index (χ3v) is 5.86. The fourth-order valence-corrected chi connectivity index (χ4v) is 3.97. The van der Waals surface area contributed by atoms with Crippen molar-refractivity contribution in [2.75, 3.05) is 16.8 Å². The average Bonchev–Trinajstić information content (AvgIpc) is 3.43. The Morgan fingerprint density at radius 3 is 2.71 bits per heavy atom. The molecular formula is C19H17Cl2N9O. The molecule has 0 aliphatic heterocycles. The molecule has 4 aromatic rings. The van der Waals surface area contributed by atoms with Gasteiger partial charge < -0.3 is 16.8 Å². The molecule has 10 nitrogen and oxygen atoms in total. The maximum absolute atomic E-state index is 13.5. The van der Waals surface area contributed by atoms with Crippen molar-refractivity contribution in [3.8, 4) is 5.69 Å². The van der Waals surface area contributed by atoms with Crippen molar-refractivity contribution in [1.82, 2.24) is 29.7 Å². The minimum atomic E-state index is -0.391. The van der Waals surface area contributed by atoms with Crippen molar-refractivity contribution in [2.45, 2.75) is 18.9 Å². The van der Waals surface area contributed by atoms with E-state index in [0.717, 1.165) is 12.8 Å². The predicted molar refractivity (Wildman–Crippen MR) is 119 cm³/mol. The Labute approximate surface area is 185 Å². The predicted octanol–water partition coefficient (Wildman–Crippen LogP) is 2.93. The van der Waals surface area contributed by atoms with Gasteiger partial charge in [0.2, 0.25) is 5.95 Å².